The van der Waals surface area contributed by atoms with Gasteiger partial charge >= 0.3 is 0 Å². The van der Waals surface area contributed by atoms with Gasteiger partial charge in [0.25, 0.3) is 5.91 Å². The van der Waals surface area contributed by atoms with Crippen molar-refractivity contribution in [1.82, 2.24) is 15.3 Å². The molecule has 29 heavy (non-hydrogen) atoms. The number of carbonyl (C=O) groups is 1. The molecule has 4 rings (SSSR count). The Bertz CT molecular complexity index is 962. The first-order valence-corrected chi connectivity index (χ1v) is 10.5. The molecule has 2 saturated carbocycles. The summed E-state index contributed by atoms with van der Waals surface area (Å²) in [5.41, 5.74) is 1.35. The second-order valence-electron chi connectivity index (χ2n) is 8.50. The van der Waals surface area contributed by atoms with Gasteiger partial charge in [0.1, 0.15) is 5.69 Å². The Morgan fingerprint density at radius 1 is 1.21 bits per heavy atom. The van der Waals surface area contributed by atoms with Gasteiger partial charge in [0.15, 0.2) is 5.43 Å². The smallest absolute Gasteiger partial charge is 0.270 e. The van der Waals surface area contributed by atoms with Crippen molar-refractivity contribution >= 4 is 16.8 Å². The zero-order chi connectivity index (χ0) is 20.6. The number of nitrogens with one attached hydrogen (secondary N) is 2. The minimum absolute atomic E-state index is 0.0315. The highest BCUT2D eigenvalue weighted by atomic mass is 19.3. The lowest BCUT2D eigenvalue weighted by Gasteiger charge is -2.40. The van der Waals surface area contributed by atoms with E-state index in [1.807, 2.05) is 0 Å². The molecule has 2 heterocycles. The molecule has 0 bridgehead atoms. The first-order chi connectivity index (χ1) is 13.9. The number of amides is 1. The van der Waals surface area contributed by atoms with Crippen LogP contribution in [0.2, 0.25) is 0 Å². The molecule has 2 fully saturated rings. The van der Waals surface area contributed by atoms with Crippen molar-refractivity contribution in [3.63, 3.8) is 0 Å². The summed E-state index contributed by atoms with van der Waals surface area (Å²) < 4.78 is 27.3. The summed E-state index contributed by atoms with van der Waals surface area (Å²) in [7, 11) is 1.51. The maximum Gasteiger partial charge on any atom is 0.270 e. The highest BCUT2D eigenvalue weighted by Gasteiger charge is 2.41. The third-order valence-corrected chi connectivity index (χ3v) is 6.79. The van der Waals surface area contributed by atoms with Crippen LogP contribution in [0.25, 0.3) is 10.9 Å². The molecule has 2 N–H and O–H groups in total. The molecule has 156 valence electrons. The maximum absolute atomic E-state index is 13.6. The molecule has 1 unspecified atom stereocenters. The Hall–Kier alpha value is -2.31. The number of H-pyrrole nitrogens is 1. The molecule has 0 aromatic carbocycles. The molecule has 7 heteroatoms. The van der Waals surface area contributed by atoms with Gasteiger partial charge in [-0.3, -0.25) is 14.6 Å². The third kappa shape index (κ3) is 3.91. The quantitative estimate of drug-likeness (QED) is 0.799. The van der Waals surface area contributed by atoms with Crippen LogP contribution in [0.1, 0.15) is 73.5 Å². The molecule has 2 atom stereocenters. The van der Waals surface area contributed by atoms with Crippen LogP contribution < -0.4 is 10.7 Å². The molecule has 2 aromatic rings. The lowest BCUT2D eigenvalue weighted by atomic mass is 9.66. The number of halogens is 2. The Labute approximate surface area is 168 Å². The predicted molar refractivity (Wildman–Crippen MR) is 107 cm³/mol. The number of hydrogen-bond donors (Lipinski definition) is 2. The molecule has 0 radical (unpaired) electrons. The van der Waals surface area contributed by atoms with Crippen LogP contribution in [0.4, 0.5) is 8.78 Å². The maximum atomic E-state index is 13.6. The Kier molecular flexibility index (Phi) is 5.40. The van der Waals surface area contributed by atoms with Crippen molar-refractivity contribution in [3.8, 4) is 0 Å². The minimum atomic E-state index is -2.53. The number of alkyl halides is 2. The normalized spacial score (nSPS) is 25.1. The molecular formula is C22H27F2N3O2. The summed E-state index contributed by atoms with van der Waals surface area (Å²) in [6, 6.07) is 3.31. The number of aromatic nitrogens is 2. The van der Waals surface area contributed by atoms with Crippen molar-refractivity contribution in [2.45, 2.75) is 63.2 Å². The van der Waals surface area contributed by atoms with Gasteiger partial charge in [0.2, 0.25) is 5.92 Å². The van der Waals surface area contributed by atoms with Crippen LogP contribution >= 0.6 is 0 Å². The Morgan fingerprint density at radius 3 is 2.66 bits per heavy atom. The van der Waals surface area contributed by atoms with E-state index >= 15 is 0 Å². The van der Waals surface area contributed by atoms with E-state index in [0.29, 0.717) is 29.7 Å². The van der Waals surface area contributed by atoms with E-state index in [0.717, 1.165) is 31.4 Å². The number of rotatable bonds is 3. The molecule has 2 aromatic heterocycles. The van der Waals surface area contributed by atoms with Gasteiger partial charge in [-0.25, -0.2) is 8.78 Å². The highest BCUT2D eigenvalue weighted by molar-refractivity contribution is 6.04. The monoisotopic (exact) mass is 403 g/mol. The van der Waals surface area contributed by atoms with Crippen LogP contribution in [0.5, 0.6) is 0 Å². The van der Waals surface area contributed by atoms with E-state index in [9.17, 15) is 18.4 Å². The standard InChI is InChI=1S/C22H27F2N3O2/c1-25-21(29)20-19-16(8-11-26-20)27-17(12-18(19)28)15-5-3-2-4-14(15)13-6-9-22(23,24)10-7-13/h8,11-15H,2-7,9-10H2,1H3,(H,25,29)(H,27,28)/t14?,15-/m1/s1. The molecular weight excluding hydrogens is 376 g/mol. The Balaban J connectivity index is 1.69. The molecule has 0 saturated heterocycles. The highest BCUT2D eigenvalue weighted by Crippen LogP contribution is 2.48. The molecule has 2 aliphatic carbocycles. The average molecular weight is 403 g/mol. The van der Waals surface area contributed by atoms with Gasteiger partial charge < -0.3 is 10.3 Å². The number of hydrogen-bond acceptors (Lipinski definition) is 3. The zero-order valence-electron chi connectivity index (χ0n) is 16.6. The fourth-order valence-electron chi connectivity index (χ4n) is 5.31. The third-order valence-electron chi connectivity index (χ3n) is 6.79. The molecule has 1 amide bonds. The van der Waals surface area contributed by atoms with E-state index in [-0.39, 0.29) is 35.8 Å². The first-order valence-electron chi connectivity index (χ1n) is 10.5. The van der Waals surface area contributed by atoms with Gasteiger partial charge in [0.05, 0.1) is 10.9 Å². The fourth-order valence-corrected chi connectivity index (χ4v) is 5.31. The number of aromatic amines is 1. The summed E-state index contributed by atoms with van der Waals surface area (Å²) in [5.74, 6) is -2.17. The second kappa shape index (κ2) is 7.84. The molecule has 0 spiro atoms. The summed E-state index contributed by atoms with van der Waals surface area (Å²) in [4.78, 5) is 32.5. The van der Waals surface area contributed by atoms with Crippen molar-refractivity contribution < 1.29 is 13.6 Å². The van der Waals surface area contributed by atoms with Crippen LogP contribution in [0.15, 0.2) is 23.1 Å². The summed E-state index contributed by atoms with van der Waals surface area (Å²) in [6.45, 7) is 0. The van der Waals surface area contributed by atoms with Crippen LogP contribution in [-0.4, -0.2) is 28.8 Å². The van der Waals surface area contributed by atoms with Gasteiger partial charge in [-0.1, -0.05) is 12.8 Å². The van der Waals surface area contributed by atoms with E-state index < -0.39 is 11.8 Å². The number of pyridine rings is 2. The lowest BCUT2D eigenvalue weighted by Crippen LogP contribution is -2.33. The van der Waals surface area contributed by atoms with Crippen LogP contribution in [0.3, 0.4) is 0 Å². The van der Waals surface area contributed by atoms with Gasteiger partial charge in [-0.2, -0.15) is 0 Å². The fraction of sp³-hybridized carbons (Fsp3) is 0.591. The van der Waals surface area contributed by atoms with Gasteiger partial charge in [0, 0.05) is 43.8 Å². The number of fused-ring (bicyclic) bond motifs is 1. The van der Waals surface area contributed by atoms with Gasteiger partial charge in [-0.05, 0) is 43.6 Å². The van der Waals surface area contributed by atoms with E-state index in [1.54, 1.807) is 12.1 Å². The van der Waals surface area contributed by atoms with Crippen LogP contribution in [-0.2, 0) is 0 Å². The topological polar surface area (TPSA) is 74.8 Å². The van der Waals surface area contributed by atoms with E-state index in [1.165, 1.54) is 13.2 Å². The van der Waals surface area contributed by atoms with Crippen molar-refractivity contribution in [2.24, 2.45) is 11.8 Å². The largest absolute Gasteiger partial charge is 0.358 e. The van der Waals surface area contributed by atoms with E-state index in [2.05, 4.69) is 15.3 Å². The average Bonchev–Trinajstić information content (AvgIpc) is 2.72. The van der Waals surface area contributed by atoms with Crippen molar-refractivity contribution in [3.05, 3.63) is 39.9 Å². The molecule has 5 nitrogen and oxygen atoms in total. The molecule has 2 aliphatic rings. The SMILES string of the molecule is CNC(=O)c1nccc2[nH]c([C@@H]3CCCCC3C3CCC(F)(F)CC3)cc(=O)c12. The number of nitrogens with zero attached hydrogens (tertiary/aromatic N) is 1. The summed E-state index contributed by atoms with van der Waals surface area (Å²) >= 11 is 0. The van der Waals surface area contributed by atoms with E-state index in [4.69, 9.17) is 0 Å². The minimum Gasteiger partial charge on any atom is -0.358 e. The Morgan fingerprint density at radius 2 is 1.93 bits per heavy atom. The van der Waals surface area contributed by atoms with Crippen molar-refractivity contribution in [1.29, 1.82) is 0 Å². The first kappa shape index (κ1) is 20.0. The van der Waals surface area contributed by atoms with Crippen LogP contribution in [0, 0.1) is 11.8 Å². The lowest BCUT2D eigenvalue weighted by molar-refractivity contribution is -0.0557. The summed E-state index contributed by atoms with van der Waals surface area (Å²) in [5, 5.41) is 2.81. The second-order valence-corrected chi connectivity index (χ2v) is 8.50. The number of carbonyl (C=O) groups excluding carboxylic acids is 1. The predicted octanol–water partition coefficient (Wildman–Crippen LogP) is 4.38. The zero-order valence-corrected chi connectivity index (χ0v) is 16.6. The van der Waals surface area contributed by atoms with Crippen molar-refractivity contribution in [2.75, 3.05) is 7.05 Å². The van der Waals surface area contributed by atoms with Gasteiger partial charge in [-0.15, -0.1) is 0 Å². The summed E-state index contributed by atoms with van der Waals surface area (Å²) in [6.07, 6.45) is 6.71. The molecule has 0 aliphatic heterocycles.